The average Bonchev–Trinajstić information content (AvgIpc) is 2.33. The van der Waals surface area contributed by atoms with Crippen LogP contribution in [0.5, 0.6) is 0 Å². The first-order valence-corrected chi connectivity index (χ1v) is 5.24. The summed E-state index contributed by atoms with van der Waals surface area (Å²) in [6.07, 6.45) is 5.40. The number of nitrogens with zero attached hydrogens (tertiary/aromatic N) is 3. The molecule has 0 fully saturated rings. The lowest BCUT2D eigenvalue weighted by Crippen LogP contribution is -1.92. The molecule has 0 saturated heterocycles. The van der Waals surface area contributed by atoms with Crippen molar-refractivity contribution in [2.75, 3.05) is 13.2 Å². The van der Waals surface area contributed by atoms with E-state index in [9.17, 15) is 0 Å². The van der Waals surface area contributed by atoms with Gasteiger partial charge in [-0.15, -0.1) is 0 Å². The zero-order valence-corrected chi connectivity index (χ0v) is 9.08. The van der Waals surface area contributed by atoms with Crippen molar-refractivity contribution in [1.29, 1.82) is 0 Å². The Kier molecular flexibility index (Phi) is 5.78. The number of rotatable bonds is 6. The Labute approximate surface area is 94.9 Å². The van der Waals surface area contributed by atoms with E-state index in [1.165, 1.54) is 5.56 Å². The standard InChI is InChI=1S/C12H15N3O/c13-15-14-9-3-7-11-5-1-2-6-12(11)8-4-10-16/h1-3,5-7,16H,4,8-10H2. The van der Waals surface area contributed by atoms with E-state index in [-0.39, 0.29) is 6.61 Å². The molecule has 0 radical (unpaired) electrons. The van der Waals surface area contributed by atoms with Crippen molar-refractivity contribution in [2.24, 2.45) is 5.11 Å². The van der Waals surface area contributed by atoms with Gasteiger partial charge in [-0.1, -0.05) is 41.5 Å². The number of hydrogen-bond acceptors (Lipinski definition) is 2. The minimum Gasteiger partial charge on any atom is -0.396 e. The Morgan fingerprint density at radius 1 is 1.38 bits per heavy atom. The summed E-state index contributed by atoms with van der Waals surface area (Å²) in [4.78, 5) is 2.68. The number of hydrogen-bond donors (Lipinski definition) is 1. The molecule has 0 spiro atoms. The van der Waals surface area contributed by atoms with Gasteiger partial charge in [0.1, 0.15) is 0 Å². The summed E-state index contributed by atoms with van der Waals surface area (Å²) in [5.74, 6) is 0. The van der Waals surface area contributed by atoms with Gasteiger partial charge in [0, 0.05) is 18.1 Å². The van der Waals surface area contributed by atoms with E-state index in [4.69, 9.17) is 10.6 Å². The van der Waals surface area contributed by atoms with Gasteiger partial charge in [0.25, 0.3) is 0 Å². The predicted octanol–water partition coefficient (Wildman–Crippen LogP) is 2.94. The largest absolute Gasteiger partial charge is 0.396 e. The highest BCUT2D eigenvalue weighted by Crippen LogP contribution is 2.12. The Hall–Kier alpha value is -1.77. The number of aryl methyl sites for hydroxylation is 1. The van der Waals surface area contributed by atoms with Crippen LogP contribution in [0, 0.1) is 0 Å². The number of benzene rings is 1. The molecule has 16 heavy (non-hydrogen) atoms. The van der Waals surface area contributed by atoms with Gasteiger partial charge in [0.05, 0.1) is 0 Å². The van der Waals surface area contributed by atoms with Crippen molar-refractivity contribution in [3.8, 4) is 0 Å². The highest BCUT2D eigenvalue weighted by molar-refractivity contribution is 5.53. The van der Waals surface area contributed by atoms with Gasteiger partial charge in [0.15, 0.2) is 0 Å². The third-order valence-electron chi connectivity index (χ3n) is 2.21. The molecular formula is C12H15N3O. The first-order valence-electron chi connectivity index (χ1n) is 5.24. The molecule has 4 heteroatoms. The minimum absolute atomic E-state index is 0.205. The molecule has 0 saturated carbocycles. The lowest BCUT2D eigenvalue weighted by molar-refractivity contribution is 0.288. The maximum Gasteiger partial charge on any atom is 0.0443 e. The van der Waals surface area contributed by atoms with Crippen molar-refractivity contribution in [1.82, 2.24) is 0 Å². The topological polar surface area (TPSA) is 69.0 Å². The van der Waals surface area contributed by atoms with Crippen molar-refractivity contribution in [3.63, 3.8) is 0 Å². The molecule has 1 N–H and O–H groups in total. The molecule has 0 heterocycles. The van der Waals surface area contributed by atoms with E-state index in [0.29, 0.717) is 6.54 Å². The SMILES string of the molecule is [N-]=[N+]=NCC=Cc1ccccc1CCCO. The number of aliphatic hydroxyl groups is 1. The first kappa shape index (κ1) is 12.3. The van der Waals surface area contributed by atoms with Crippen LogP contribution in [-0.4, -0.2) is 18.3 Å². The summed E-state index contributed by atoms with van der Waals surface area (Å²) >= 11 is 0. The lowest BCUT2D eigenvalue weighted by Gasteiger charge is -2.04. The number of aliphatic hydroxyl groups excluding tert-OH is 1. The van der Waals surface area contributed by atoms with Crippen molar-refractivity contribution < 1.29 is 5.11 Å². The van der Waals surface area contributed by atoms with E-state index in [0.717, 1.165) is 18.4 Å². The second-order valence-electron chi connectivity index (χ2n) is 3.34. The van der Waals surface area contributed by atoms with Crippen LogP contribution in [0.15, 0.2) is 35.5 Å². The molecule has 84 valence electrons. The molecule has 0 atom stereocenters. The molecule has 1 rings (SSSR count). The van der Waals surface area contributed by atoms with Gasteiger partial charge >= 0.3 is 0 Å². The fourth-order valence-corrected chi connectivity index (χ4v) is 1.46. The van der Waals surface area contributed by atoms with Gasteiger partial charge < -0.3 is 5.11 Å². The normalized spacial score (nSPS) is 10.3. The first-order chi connectivity index (χ1) is 7.88. The van der Waals surface area contributed by atoms with Crippen molar-refractivity contribution in [2.45, 2.75) is 12.8 Å². The zero-order chi connectivity index (χ0) is 11.6. The summed E-state index contributed by atoms with van der Waals surface area (Å²) in [5, 5.41) is 12.2. The molecule has 1 aromatic rings. The van der Waals surface area contributed by atoms with Crippen LogP contribution in [0.1, 0.15) is 17.5 Å². The van der Waals surface area contributed by atoms with E-state index in [1.807, 2.05) is 36.4 Å². The highest BCUT2D eigenvalue weighted by Gasteiger charge is 1.97. The summed E-state index contributed by atoms with van der Waals surface area (Å²) in [7, 11) is 0. The Morgan fingerprint density at radius 3 is 2.94 bits per heavy atom. The van der Waals surface area contributed by atoms with Gasteiger partial charge in [0.2, 0.25) is 0 Å². The summed E-state index contributed by atoms with van der Waals surface area (Å²) < 4.78 is 0. The van der Waals surface area contributed by atoms with Crippen LogP contribution in [-0.2, 0) is 6.42 Å². The molecule has 0 amide bonds. The molecule has 0 unspecified atom stereocenters. The lowest BCUT2D eigenvalue weighted by atomic mass is 10.0. The summed E-state index contributed by atoms with van der Waals surface area (Å²) in [6.45, 7) is 0.571. The van der Waals surface area contributed by atoms with Crippen molar-refractivity contribution in [3.05, 3.63) is 51.9 Å². The minimum atomic E-state index is 0.205. The predicted molar refractivity (Wildman–Crippen MR) is 64.9 cm³/mol. The van der Waals surface area contributed by atoms with Crippen LogP contribution in [0.2, 0.25) is 0 Å². The second-order valence-corrected chi connectivity index (χ2v) is 3.34. The van der Waals surface area contributed by atoms with E-state index in [1.54, 1.807) is 0 Å². The maximum atomic E-state index is 8.79. The molecule has 0 aromatic heterocycles. The molecule has 0 bridgehead atoms. The molecule has 0 aliphatic rings. The molecule has 0 aliphatic heterocycles. The van der Waals surface area contributed by atoms with Gasteiger partial charge in [-0.05, 0) is 29.5 Å². The Bertz CT molecular complexity index is 395. The van der Waals surface area contributed by atoms with E-state index < -0.39 is 0 Å². The molecule has 0 aliphatic carbocycles. The van der Waals surface area contributed by atoms with Crippen molar-refractivity contribution >= 4 is 6.08 Å². The number of azide groups is 1. The summed E-state index contributed by atoms with van der Waals surface area (Å²) in [6, 6.07) is 8.01. The van der Waals surface area contributed by atoms with Crippen LogP contribution in [0.25, 0.3) is 16.5 Å². The van der Waals surface area contributed by atoms with Crippen LogP contribution in [0.3, 0.4) is 0 Å². The summed E-state index contributed by atoms with van der Waals surface area (Å²) in [5.41, 5.74) is 10.4. The Morgan fingerprint density at radius 2 is 2.19 bits per heavy atom. The molecule has 1 aromatic carbocycles. The monoisotopic (exact) mass is 217 g/mol. The Balaban J connectivity index is 2.69. The zero-order valence-electron chi connectivity index (χ0n) is 9.08. The van der Waals surface area contributed by atoms with Gasteiger partial charge in [-0.2, -0.15) is 0 Å². The van der Waals surface area contributed by atoms with Crippen LogP contribution < -0.4 is 0 Å². The van der Waals surface area contributed by atoms with Crippen LogP contribution in [0.4, 0.5) is 0 Å². The highest BCUT2D eigenvalue weighted by atomic mass is 16.2. The van der Waals surface area contributed by atoms with E-state index in [2.05, 4.69) is 10.0 Å². The maximum absolute atomic E-state index is 8.79. The van der Waals surface area contributed by atoms with E-state index >= 15 is 0 Å². The third-order valence-corrected chi connectivity index (χ3v) is 2.21. The molecular weight excluding hydrogens is 202 g/mol. The molecule has 4 nitrogen and oxygen atoms in total. The third kappa shape index (κ3) is 4.17. The fourth-order valence-electron chi connectivity index (χ4n) is 1.46. The fraction of sp³-hybridized carbons (Fsp3) is 0.333. The second kappa shape index (κ2) is 7.51. The van der Waals surface area contributed by atoms with Crippen LogP contribution >= 0.6 is 0 Å². The quantitative estimate of drug-likeness (QED) is 0.444. The van der Waals surface area contributed by atoms with Gasteiger partial charge in [-0.25, -0.2) is 0 Å². The average molecular weight is 217 g/mol. The smallest absolute Gasteiger partial charge is 0.0443 e. The van der Waals surface area contributed by atoms with Gasteiger partial charge in [-0.3, -0.25) is 0 Å².